The molecule has 1 aliphatic heterocycles. The van der Waals surface area contributed by atoms with Gasteiger partial charge in [0, 0.05) is 23.2 Å². The SMILES string of the molecule is CC(NC1CCCOC1)c1ccccc1Br. The van der Waals surface area contributed by atoms with Gasteiger partial charge in [-0.25, -0.2) is 0 Å². The average Bonchev–Trinajstić information content (AvgIpc) is 2.31. The maximum Gasteiger partial charge on any atom is 0.0619 e. The Morgan fingerprint density at radius 1 is 1.44 bits per heavy atom. The molecule has 0 bridgehead atoms. The third-order valence-corrected chi connectivity index (χ3v) is 3.74. The molecule has 1 aliphatic rings. The summed E-state index contributed by atoms with van der Waals surface area (Å²) in [5.41, 5.74) is 1.31. The van der Waals surface area contributed by atoms with Crippen LogP contribution in [0.4, 0.5) is 0 Å². The number of hydrogen-bond donors (Lipinski definition) is 1. The fraction of sp³-hybridized carbons (Fsp3) is 0.538. The molecule has 0 aliphatic carbocycles. The number of benzene rings is 1. The minimum Gasteiger partial charge on any atom is -0.380 e. The van der Waals surface area contributed by atoms with Crippen molar-refractivity contribution in [2.45, 2.75) is 31.8 Å². The van der Waals surface area contributed by atoms with E-state index in [1.165, 1.54) is 22.9 Å². The lowest BCUT2D eigenvalue weighted by atomic mass is 10.1. The highest BCUT2D eigenvalue weighted by Crippen LogP contribution is 2.23. The van der Waals surface area contributed by atoms with Gasteiger partial charge in [0.2, 0.25) is 0 Å². The summed E-state index contributed by atoms with van der Waals surface area (Å²) in [6.45, 7) is 3.96. The van der Waals surface area contributed by atoms with Crippen molar-refractivity contribution in [1.29, 1.82) is 0 Å². The highest BCUT2D eigenvalue weighted by Gasteiger charge is 2.17. The van der Waals surface area contributed by atoms with Gasteiger partial charge < -0.3 is 10.1 Å². The quantitative estimate of drug-likeness (QED) is 0.919. The lowest BCUT2D eigenvalue weighted by molar-refractivity contribution is 0.0670. The van der Waals surface area contributed by atoms with E-state index in [-0.39, 0.29) is 0 Å². The van der Waals surface area contributed by atoms with Crippen molar-refractivity contribution in [3.63, 3.8) is 0 Å². The van der Waals surface area contributed by atoms with Gasteiger partial charge in [0.05, 0.1) is 6.61 Å². The van der Waals surface area contributed by atoms with Crippen LogP contribution < -0.4 is 5.32 Å². The first-order chi connectivity index (χ1) is 7.77. The Hall–Kier alpha value is -0.380. The zero-order valence-electron chi connectivity index (χ0n) is 9.58. The molecule has 1 saturated heterocycles. The summed E-state index contributed by atoms with van der Waals surface area (Å²) in [5.74, 6) is 0. The van der Waals surface area contributed by atoms with Crippen LogP contribution in [0.25, 0.3) is 0 Å². The fourth-order valence-corrected chi connectivity index (χ4v) is 2.77. The van der Waals surface area contributed by atoms with E-state index in [0.717, 1.165) is 13.2 Å². The summed E-state index contributed by atoms with van der Waals surface area (Å²) in [7, 11) is 0. The minimum atomic E-state index is 0.363. The lowest BCUT2D eigenvalue weighted by Crippen LogP contribution is -2.38. The summed E-state index contributed by atoms with van der Waals surface area (Å²) >= 11 is 3.59. The molecule has 1 fully saturated rings. The zero-order valence-corrected chi connectivity index (χ0v) is 11.2. The molecule has 1 heterocycles. The minimum absolute atomic E-state index is 0.363. The van der Waals surface area contributed by atoms with Crippen LogP contribution in [0.3, 0.4) is 0 Å². The van der Waals surface area contributed by atoms with Crippen LogP contribution in [0.5, 0.6) is 0 Å². The van der Waals surface area contributed by atoms with Crippen LogP contribution in [0.15, 0.2) is 28.7 Å². The van der Waals surface area contributed by atoms with E-state index >= 15 is 0 Å². The van der Waals surface area contributed by atoms with Crippen LogP contribution in [0.2, 0.25) is 0 Å². The first-order valence-electron chi connectivity index (χ1n) is 5.85. The second kappa shape index (κ2) is 5.80. The second-order valence-electron chi connectivity index (χ2n) is 4.32. The largest absolute Gasteiger partial charge is 0.380 e. The zero-order chi connectivity index (χ0) is 11.4. The summed E-state index contributed by atoms with van der Waals surface area (Å²) in [4.78, 5) is 0. The van der Waals surface area contributed by atoms with E-state index in [9.17, 15) is 0 Å². The van der Waals surface area contributed by atoms with E-state index in [2.05, 4.69) is 46.4 Å². The second-order valence-corrected chi connectivity index (χ2v) is 5.18. The molecule has 2 atom stereocenters. The van der Waals surface area contributed by atoms with Gasteiger partial charge in [-0.15, -0.1) is 0 Å². The first kappa shape index (κ1) is 12.1. The van der Waals surface area contributed by atoms with E-state index in [1.54, 1.807) is 0 Å². The Bertz CT molecular complexity index is 336. The van der Waals surface area contributed by atoms with Gasteiger partial charge in [-0.1, -0.05) is 34.1 Å². The molecule has 3 heteroatoms. The molecule has 1 N–H and O–H groups in total. The van der Waals surface area contributed by atoms with Gasteiger partial charge in [-0.05, 0) is 31.4 Å². The Labute approximate surface area is 106 Å². The van der Waals surface area contributed by atoms with Gasteiger partial charge >= 0.3 is 0 Å². The Balaban J connectivity index is 1.96. The van der Waals surface area contributed by atoms with Crippen molar-refractivity contribution in [2.24, 2.45) is 0 Å². The maximum absolute atomic E-state index is 5.47. The molecule has 0 saturated carbocycles. The predicted octanol–water partition coefficient (Wildman–Crippen LogP) is 3.28. The van der Waals surface area contributed by atoms with E-state index in [1.807, 2.05) is 6.07 Å². The Morgan fingerprint density at radius 2 is 2.25 bits per heavy atom. The van der Waals surface area contributed by atoms with Gasteiger partial charge in [0.15, 0.2) is 0 Å². The van der Waals surface area contributed by atoms with Gasteiger partial charge in [-0.3, -0.25) is 0 Å². The monoisotopic (exact) mass is 283 g/mol. The number of rotatable bonds is 3. The first-order valence-corrected chi connectivity index (χ1v) is 6.65. The molecule has 2 unspecified atom stereocenters. The Morgan fingerprint density at radius 3 is 2.94 bits per heavy atom. The van der Waals surface area contributed by atoms with Crippen molar-refractivity contribution in [1.82, 2.24) is 5.32 Å². The van der Waals surface area contributed by atoms with Gasteiger partial charge in [0.1, 0.15) is 0 Å². The molecule has 2 rings (SSSR count). The summed E-state index contributed by atoms with van der Waals surface area (Å²) < 4.78 is 6.65. The third-order valence-electron chi connectivity index (χ3n) is 3.02. The van der Waals surface area contributed by atoms with Crippen LogP contribution in [-0.2, 0) is 4.74 Å². The highest BCUT2D eigenvalue weighted by atomic mass is 79.9. The molecule has 1 aromatic carbocycles. The van der Waals surface area contributed by atoms with Crippen LogP contribution in [0.1, 0.15) is 31.4 Å². The number of nitrogens with one attached hydrogen (secondary N) is 1. The summed E-state index contributed by atoms with van der Waals surface area (Å²) in [6.07, 6.45) is 2.38. The standard InChI is InChI=1S/C13H18BrNO/c1-10(12-6-2-3-7-13(12)14)15-11-5-4-8-16-9-11/h2-3,6-7,10-11,15H,4-5,8-9H2,1H3. The molecule has 1 aromatic rings. The number of halogens is 1. The Kier molecular flexibility index (Phi) is 4.38. The molecule has 88 valence electrons. The molecular formula is C13H18BrNO. The topological polar surface area (TPSA) is 21.3 Å². The normalized spacial score (nSPS) is 23.0. The van der Waals surface area contributed by atoms with E-state index < -0.39 is 0 Å². The molecular weight excluding hydrogens is 266 g/mol. The molecule has 0 radical (unpaired) electrons. The molecule has 0 spiro atoms. The van der Waals surface area contributed by atoms with Crippen LogP contribution in [0, 0.1) is 0 Å². The molecule has 0 amide bonds. The van der Waals surface area contributed by atoms with Crippen LogP contribution >= 0.6 is 15.9 Å². The van der Waals surface area contributed by atoms with Gasteiger partial charge in [-0.2, -0.15) is 0 Å². The smallest absolute Gasteiger partial charge is 0.0619 e. The van der Waals surface area contributed by atoms with E-state index in [0.29, 0.717) is 12.1 Å². The average molecular weight is 284 g/mol. The predicted molar refractivity (Wildman–Crippen MR) is 69.5 cm³/mol. The maximum atomic E-state index is 5.47. The molecule has 2 nitrogen and oxygen atoms in total. The lowest BCUT2D eigenvalue weighted by Gasteiger charge is -2.27. The van der Waals surface area contributed by atoms with Crippen molar-refractivity contribution in [3.05, 3.63) is 34.3 Å². The van der Waals surface area contributed by atoms with Crippen molar-refractivity contribution in [3.8, 4) is 0 Å². The van der Waals surface area contributed by atoms with E-state index in [4.69, 9.17) is 4.74 Å². The summed E-state index contributed by atoms with van der Waals surface area (Å²) in [5, 5.41) is 3.62. The number of ether oxygens (including phenoxy) is 1. The van der Waals surface area contributed by atoms with Crippen molar-refractivity contribution in [2.75, 3.05) is 13.2 Å². The van der Waals surface area contributed by atoms with Gasteiger partial charge in [0.25, 0.3) is 0 Å². The molecule has 16 heavy (non-hydrogen) atoms. The number of hydrogen-bond acceptors (Lipinski definition) is 2. The summed E-state index contributed by atoms with van der Waals surface area (Å²) in [6, 6.07) is 9.23. The van der Waals surface area contributed by atoms with Crippen molar-refractivity contribution >= 4 is 15.9 Å². The fourth-order valence-electron chi connectivity index (χ4n) is 2.14. The third kappa shape index (κ3) is 3.06. The van der Waals surface area contributed by atoms with Crippen LogP contribution in [-0.4, -0.2) is 19.3 Å². The highest BCUT2D eigenvalue weighted by molar-refractivity contribution is 9.10. The molecule has 0 aromatic heterocycles. The van der Waals surface area contributed by atoms with Crippen molar-refractivity contribution < 1.29 is 4.74 Å².